The molecule has 0 aliphatic carbocycles. The van der Waals surface area contributed by atoms with E-state index in [-0.39, 0.29) is 5.91 Å². The number of nitrogens with one attached hydrogen (secondary N) is 1. The second-order valence-corrected chi connectivity index (χ2v) is 5.50. The standard InChI is InChI=1S/C17H21N5O/c1-2-21-8-10-22(11-9-21)17(23)15-12-19-16(13-18-15)20-14-6-4-3-5-7-14/h3-7,12-13H,2,8-11H2,1H3,(H,19,20). The molecule has 2 heterocycles. The van der Waals surface area contributed by atoms with Crippen LogP contribution in [-0.2, 0) is 0 Å². The van der Waals surface area contributed by atoms with Gasteiger partial charge in [-0.2, -0.15) is 0 Å². The molecule has 1 aliphatic heterocycles. The van der Waals surface area contributed by atoms with E-state index in [0.717, 1.165) is 38.4 Å². The molecule has 1 N–H and O–H groups in total. The van der Waals surface area contributed by atoms with Crippen LogP contribution in [0.2, 0.25) is 0 Å². The molecule has 1 saturated heterocycles. The number of carbonyl (C=O) groups excluding carboxylic acids is 1. The summed E-state index contributed by atoms with van der Waals surface area (Å²) in [6.45, 7) is 6.51. The van der Waals surface area contributed by atoms with Gasteiger partial charge in [0.2, 0.25) is 0 Å². The SMILES string of the molecule is CCN1CCN(C(=O)c2cnc(Nc3ccccc3)cn2)CC1. The van der Waals surface area contributed by atoms with E-state index in [1.807, 2.05) is 35.2 Å². The summed E-state index contributed by atoms with van der Waals surface area (Å²) >= 11 is 0. The molecular weight excluding hydrogens is 290 g/mol. The molecule has 3 rings (SSSR count). The first-order valence-corrected chi connectivity index (χ1v) is 7.92. The molecule has 0 bridgehead atoms. The minimum atomic E-state index is -0.0421. The van der Waals surface area contributed by atoms with Crippen molar-refractivity contribution in [1.29, 1.82) is 0 Å². The van der Waals surface area contributed by atoms with E-state index in [1.165, 1.54) is 0 Å². The lowest BCUT2D eigenvalue weighted by atomic mass is 10.3. The number of amides is 1. The fourth-order valence-electron chi connectivity index (χ4n) is 2.60. The zero-order chi connectivity index (χ0) is 16.1. The van der Waals surface area contributed by atoms with Gasteiger partial charge in [0.1, 0.15) is 11.5 Å². The van der Waals surface area contributed by atoms with Crippen molar-refractivity contribution in [1.82, 2.24) is 19.8 Å². The highest BCUT2D eigenvalue weighted by molar-refractivity contribution is 5.92. The van der Waals surface area contributed by atoms with Gasteiger partial charge in [-0.25, -0.2) is 9.97 Å². The molecule has 120 valence electrons. The molecule has 1 fully saturated rings. The highest BCUT2D eigenvalue weighted by Gasteiger charge is 2.22. The third-order valence-electron chi connectivity index (χ3n) is 4.02. The third-order valence-corrected chi connectivity index (χ3v) is 4.02. The number of rotatable bonds is 4. The van der Waals surface area contributed by atoms with Crippen molar-refractivity contribution in [2.45, 2.75) is 6.92 Å². The van der Waals surface area contributed by atoms with E-state index >= 15 is 0 Å². The third kappa shape index (κ3) is 3.84. The number of likely N-dealkylation sites (N-methyl/N-ethyl adjacent to an activating group) is 1. The Bertz CT molecular complexity index is 636. The fraction of sp³-hybridized carbons (Fsp3) is 0.353. The van der Waals surface area contributed by atoms with Gasteiger partial charge in [0.15, 0.2) is 0 Å². The van der Waals surface area contributed by atoms with E-state index < -0.39 is 0 Å². The molecule has 1 aromatic carbocycles. The highest BCUT2D eigenvalue weighted by atomic mass is 16.2. The van der Waals surface area contributed by atoms with Crippen LogP contribution in [0.5, 0.6) is 0 Å². The van der Waals surface area contributed by atoms with Crippen molar-refractivity contribution in [2.75, 3.05) is 38.0 Å². The first kappa shape index (κ1) is 15.4. The molecule has 6 heteroatoms. The average Bonchev–Trinajstić information content (AvgIpc) is 2.63. The van der Waals surface area contributed by atoms with Gasteiger partial charge in [-0.1, -0.05) is 25.1 Å². The molecular formula is C17H21N5O. The molecule has 0 spiro atoms. The van der Waals surface area contributed by atoms with Gasteiger partial charge in [-0.15, -0.1) is 0 Å². The molecule has 6 nitrogen and oxygen atoms in total. The molecule has 23 heavy (non-hydrogen) atoms. The predicted octanol–water partition coefficient (Wildman–Crippen LogP) is 2.00. The summed E-state index contributed by atoms with van der Waals surface area (Å²) in [5.41, 5.74) is 1.34. The van der Waals surface area contributed by atoms with Crippen LogP contribution in [0.1, 0.15) is 17.4 Å². The summed E-state index contributed by atoms with van der Waals surface area (Å²) in [4.78, 5) is 25.2. The number of carbonyl (C=O) groups is 1. The van der Waals surface area contributed by atoms with Crippen LogP contribution in [0.3, 0.4) is 0 Å². The summed E-state index contributed by atoms with van der Waals surface area (Å²) in [6.07, 6.45) is 3.14. The number of nitrogens with zero attached hydrogens (tertiary/aromatic N) is 4. The largest absolute Gasteiger partial charge is 0.339 e. The molecule has 0 saturated carbocycles. The maximum absolute atomic E-state index is 12.4. The van der Waals surface area contributed by atoms with E-state index in [9.17, 15) is 4.79 Å². The minimum absolute atomic E-state index is 0.0421. The van der Waals surface area contributed by atoms with Crippen molar-refractivity contribution in [2.24, 2.45) is 0 Å². The predicted molar refractivity (Wildman–Crippen MR) is 89.8 cm³/mol. The number of benzene rings is 1. The molecule has 0 radical (unpaired) electrons. The maximum atomic E-state index is 12.4. The van der Waals surface area contributed by atoms with Crippen molar-refractivity contribution in [3.8, 4) is 0 Å². The van der Waals surface area contributed by atoms with E-state index in [4.69, 9.17) is 0 Å². The average molecular weight is 311 g/mol. The molecule has 2 aromatic rings. The van der Waals surface area contributed by atoms with Crippen LogP contribution in [-0.4, -0.2) is 58.4 Å². The van der Waals surface area contributed by atoms with Crippen LogP contribution in [0.4, 0.5) is 11.5 Å². The Morgan fingerprint density at radius 2 is 1.83 bits per heavy atom. The van der Waals surface area contributed by atoms with Crippen molar-refractivity contribution >= 4 is 17.4 Å². The molecule has 1 aliphatic rings. The minimum Gasteiger partial charge on any atom is -0.339 e. The van der Waals surface area contributed by atoms with Gasteiger partial charge in [0.25, 0.3) is 5.91 Å². The monoisotopic (exact) mass is 311 g/mol. The van der Waals surface area contributed by atoms with Crippen LogP contribution in [0.25, 0.3) is 0 Å². The second-order valence-electron chi connectivity index (χ2n) is 5.50. The van der Waals surface area contributed by atoms with Crippen molar-refractivity contribution < 1.29 is 4.79 Å². The Balaban J connectivity index is 1.62. The summed E-state index contributed by atoms with van der Waals surface area (Å²) in [6, 6.07) is 9.76. The number of piperazine rings is 1. The van der Waals surface area contributed by atoms with Crippen molar-refractivity contribution in [3.63, 3.8) is 0 Å². The van der Waals surface area contributed by atoms with Crippen molar-refractivity contribution in [3.05, 3.63) is 48.4 Å². The Morgan fingerprint density at radius 1 is 1.09 bits per heavy atom. The molecule has 1 amide bonds. The lowest BCUT2D eigenvalue weighted by Crippen LogP contribution is -2.48. The number of aromatic nitrogens is 2. The number of hydrogen-bond donors (Lipinski definition) is 1. The van der Waals surface area contributed by atoms with E-state index in [2.05, 4.69) is 27.1 Å². The Hall–Kier alpha value is -2.47. The Kier molecular flexibility index (Phi) is 4.83. The lowest BCUT2D eigenvalue weighted by molar-refractivity contribution is 0.0637. The number of para-hydroxylation sites is 1. The Labute approximate surface area is 136 Å². The van der Waals surface area contributed by atoms with Crippen LogP contribution in [0, 0.1) is 0 Å². The smallest absolute Gasteiger partial charge is 0.274 e. The summed E-state index contributed by atoms with van der Waals surface area (Å²) in [7, 11) is 0. The lowest BCUT2D eigenvalue weighted by Gasteiger charge is -2.33. The van der Waals surface area contributed by atoms with Crippen LogP contribution in [0.15, 0.2) is 42.7 Å². The highest BCUT2D eigenvalue weighted by Crippen LogP contribution is 2.13. The molecule has 0 unspecified atom stereocenters. The summed E-state index contributed by atoms with van der Waals surface area (Å²) in [5, 5.41) is 3.16. The topological polar surface area (TPSA) is 61.4 Å². The zero-order valence-corrected chi connectivity index (χ0v) is 13.3. The first-order valence-electron chi connectivity index (χ1n) is 7.92. The van der Waals surface area contributed by atoms with Gasteiger partial charge in [-0.3, -0.25) is 4.79 Å². The molecule has 1 aromatic heterocycles. The summed E-state index contributed by atoms with van der Waals surface area (Å²) in [5.74, 6) is 0.586. The molecule has 0 atom stereocenters. The normalized spacial score (nSPS) is 15.4. The number of anilines is 2. The first-order chi connectivity index (χ1) is 11.3. The Morgan fingerprint density at radius 3 is 2.43 bits per heavy atom. The van der Waals surface area contributed by atoms with Crippen LogP contribution >= 0.6 is 0 Å². The van der Waals surface area contributed by atoms with E-state index in [0.29, 0.717) is 11.5 Å². The van der Waals surface area contributed by atoms with Crippen LogP contribution < -0.4 is 5.32 Å². The van der Waals surface area contributed by atoms with Gasteiger partial charge < -0.3 is 15.1 Å². The van der Waals surface area contributed by atoms with Gasteiger partial charge in [0, 0.05) is 31.9 Å². The summed E-state index contributed by atoms with van der Waals surface area (Å²) < 4.78 is 0. The van der Waals surface area contributed by atoms with Gasteiger partial charge in [0.05, 0.1) is 12.4 Å². The second kappa shape index (κ2) is 7.19. The van der Waals surface area contributed by atoms with Gasteiger partial charge in [-0.05, 0) is 18.7 Å². The quantitative estimate of drug-likeness (QED) is 0.936. The van der Waals surface area contributed by atoms with Gasteiger partial charge >= 0.3 is 0 Å². The number of hydrogen-bond acceptors (Lipinski definition) is 5. The van der Waals surface area contributed by atoms with E-state index in [1.54, 1.807) is 12.4 Å². The zero-order valence-electron chi connectivity index (χ0n) is 13.3. The fourth-order valence-corrected chi connectivity index (χ4v) is 2.60. The maximum Gasteiger partial charge on any atom is 0.274 e.